The molecule has 0 saturated heterocycles. The van der Waals surface area contributed by atoms with Crippen molar-refractivity contribution in [2.75, 3.05) is 7.11 Å². The molecule has 0 aliphatic rings. The van der Waals surface area contributed by atoms with E-state index in [1.807, 2.05) is 42.8 Å². The number of hydrogen-bond acceptors (Lipinski definition) is 3. The molecule has 0 fully saturated rings. The molecule has 2 aromatic rings. The predicted molar refractivity (Wildman–Crippen MR) is 86.6 cm³/mol. The molecular formula is C16H21BrN2O2. The molecule has 1 aromatic heterocycles. The number of hydrogen-bond donors (Lipinski definition) is 1. The van der Waals surface area contributed by atoms with Crippen molar-refractivity contribution in [2.24, 2.45) is 0 Å². The van der Waals surface area contributed by atoms with E-state index in [9.17, 15) is 5.11 Å². The quantitative estimate of drug-likeness (QED) is 0.892. The lowest BCUT2D eigenvalue weighted by Crippen LogP contribution is -2.29. The number of benzene rings is 1. The molecule has 4 nitrogen and oxygen atoms in total. The van der Waals surface area contributed by atoms with E-state index in [-0.39, 0.29) is 6.04 Å². The average molecular weight is 353 g/mol. The number of rotatable bonds is 5. The van der Waals surface area contributed by atoms with Crippen LogP contribution in [0.2, 0.25) is 0 Å². The Morgan fingerprint density at radius 3 is 2.48 bits per heavy atom. The van der Waals surface area contributed by atoms with Gasteiger partial charge in [0, 0.05) is 16.9 Å². The van der Waals surface area contributed by atoms with Crippen LogP contribution in [0.3, 0.4) is 0 Å². The first-order chi connectivity index (χ1) is 9.85. The number of methoxy groups -OCH3 is 1. The molecule has 1 N–H and O–H groups in total. The predicted octanol–water partition coefficient (Wildman–Crippen LogP) is 3.69. The van der Waals surface area contributed by atoms with Gasteiger partial charge >= 0.3 is 0 Å². The molecule has 0 radical (unpaired) electrons. The Morgan fingerprint density at radius 1 is 1.33 bits per heavy atom. The summed E-state index contributed by atoms with van der Waals surface area (Å²) in [6.07, 6.45) is 2.15. The minimum absolute atomic E-state index is 0.153. The van der Waals surface area contributed by atoms with Crippen LogP contribution in [-0.2, 0) is 12.0 Å². The highest BCUT2D eigenvalue weighted by Crippen LogP contribution is 2.34. The fraction of sp³-hybridized carbons (Fsp3) is 0.438. The second kappa shape index (κ2) is 6.20. The van der Waals surface area contributed by atoms with Gasteiger partial charge in [0.2, 0.25) is 0 Å². The van der Waals surface area contributed by atoms with Crippen LogP contribution in [0.1, 0.15) is 38.1 Å². The fourth-order valence-corrected chi connectivity index (χ4v) is 2.75. The van der Waals surface area contributed by atoms with E-state index >= 15 is 0 Å². The second-order valence-electron chi connectivity index (χ2n) is 5.68. The van der Waals surface area contributed by atoms with Crippen molar-refractivity contribution in [3.8, 4) is 5.75 Å². The Bertz CT molecular complexity index is 603. The summed E-state index contributed by atoms with van der Waals surface area (Å²) in [5.74, 6) is 0.616. The molecule has 21 heavy (non-hydrogen) atoms. The lowest BCUT2D eigenvalue weighted by atomic mass is 9.92. The van der Waals surface area contributed by atoms with Crippen LogP contribution in [0.25, 0.3) is 0 Å². The van der Waals surface area contributed by atoms with Gasteiger partial charge in [-0.05, 0) is 38.5 Å². The topological polar surface area (TPSA) is 47.3 Å². The van der Waals surface area contributed by atoms with Crippen molar-refractivity contribution in [3.05, 3.63) is 46.2 Å². The molecule has 0 amide bonds. The minimum Gasteiger partial charge on any atom is -0.493 e. The lowest BCUT2D eigenvalue weighted by Gasteiger charge is -2.27. The van der Waals surface area contributed by atoms with Crippen LogP contribution in [0.5, 0.6) is 5.75 Å². The molecule has 0 aliphatic heterocycles. The summed E-state index contributed by atoms with van der Waals surface area (Å²) in [5, 5.41) is 15.3. The minimum atomic E-state index is -1.06. The number of halogens is 1. The number of aromatic nitrogens is 2. The Morgan fingerprint density at radius 2 is 1.95 bits per heavy atom. The number of nitrogens with zero attached hydrogens (tertiary/aromatic N) is 2. The zero-order valence-corrected chi connectivity index (χ0v) is 14.4. The molecule has 1 aromatic carbocycles. The van der Waals surface area contributed by atoms with Gasteiger partial charge in [-0.15, -0.1) is 0 Å². The molecule has 0 bridgehead atoms. The van der Waals surface area contributed by atoms with Crippen molar-refractivity contribution in [1.29, 1.82) is 0 Å². The summed E-state index contributed by atoms with van der Waals surface area (Å²) in [6, 6.07) is 8.10. The van der Waals surface area contributed by atoms with Gasteiger partial charge in [0.05, 0.1) is 13.3 Å². The summed E-state index contributed by atoms with van der Waals surface area (Å²) in [6.45, 7) is 5.87. The van der Waals surface area contributed by atoms with Gasteiger partial charge < -0.3 is 9.84 Å². The van der Waals surface area contributed by atoms with Gasteiger partial charge in [0.15, 0.2) is 5.75 Å². The molecule has 2 rings (SSSR count). The van der Waals surface area contributed by atoms with Gasteiger partial charge in [-0.2, -0.15) is 5.10 Å². The Hall–Kier alpha value is -1.33. The van der Waals surface area contributed by atoms with Crippen molar-refractivity contribution < 1.29 is 9.84 Å². The molecule has 1 heterocycles. The van der Waals surface area contributed by atoms with Gasteiger partial charge in [-0.1, -0.05) is 28.1 Å². The van der Waals surface area contributed by atoms with E-state index in [0.717, 1.165) is 10.0 Å². The lowest BCUT2D eigenvalue weighted by molar-refractivity contribution is 0.0439. The van der Waals surface area contributed by atoms with Gasteiger partial charge in [-0.25, -0.2) is 0 Å². The fourth-order valence-electron chi connectivity index (χ4n) is 2.48. The van der Waals surface area contributed by atoms with Crippen molar-refractivity contribution in [3.63, 3.8) is 0 Å². The van der Waals surface area contributed by atoms with Gasteiger partial charge in [0.1, 0.15) is 11.3 Å². The molecule has 0 saturated carbocycles. The molecule has 114 valence electrons. The van der Waals surface area contributed by atoms with Crippen LogP contribution in [-0.4, -0.2) is 22.0 Å². The monoisotopic (exact) mass is 352 g/mol. The van der Waals surface area contributed by atoms with E-state index in [1.54, 1.807) is 20.2 Å². The Balaban J connectivity index is 2.38. The highest BCUT2D eigenvalue weighted by Gasteiger charge is 2.32. The highest BCUT2D eigenvalue weighted by atomic mass is 79.9. The number of ether oxygens (including phenoxy) is 1. The van der Waals surface area contributed by atoms with Gasteiger partial charge in [0.25, 0.3) is 0 Å². The van der Waals surface area contributed by atoms with Crippen LogP contribution in [0.15, 0.2) is 34.9 Å². The zero-order chi connectivity index (χ0) is 15.6. The van der Waals surface area contributed by atoms with Gasteiger partial charge in [-0.3, -0.25) is 4.68 Å². The van der Waals surface area contributed by atoms with Crippen molar-refractivity contribution in [2.45, 2.75) is 38.8 Å². The maximum atomic E-state index is 11.0. The van der Waals surface area contributed by atoms with E-state index in [1.165, 1.54) is 0 Å². The van der Waals surface area contributed by atoms with Crippen LogP contribution < -0.4 is 4.74 Å². The first-order valence-electron chi connectivity index (χ1n) is 6.94. The van der Waals surface area contributed by atoms with E-state index in [0.29, 0.717) is 17.9 Å². The third kappa shape index (κ3) is 3.47. The molecular weight excluding hydrogens is 332 g/mol. The van der Waals surface area contributed by atoms with Crippen LogP contribution >= 0.6 is 15.9 Å². The smallest absolute Gasteiger partial charge is 0.162 e. The van der Waals surface area contributed by atoms with Crippen LogP contribution in [0.4, 0.5) is 0 Å². The van der Waals surface area contributed by atoms with Crippen molar-refractivity contribution >= 4 is 15.9 Å². The number of aliphatic hydroxyl groups is 1. The molecule has 0 aliphatic carbocycles. The summed E-state index contributed by atoms with van der Waals surface area (Å²) >= 11 is 3.42. The largest absolute Gasteiger partial charge is 0.493 e. The maximum absolute atomic E-state index is 11.0. The Labute approximate surface area is 133 Å². The summed E-state index contributed by atoms with van der Waals surface area (Å²) in [7, 11) is 1.60. The molecule has 1 atom stereocenters. The van der Waals surface area contributed by atoms with Crippen LogP contribution in [0, 0.1) is 0 Å². The summed E-state index contributed by atoms with van der Waals surface area (Å²) < 4.78 is 8.21. The first-order valence-corrected chi connectivity index (χ1v) is 7.73. The van der Waals surface area contributed by atoms with E-state index < -0.39 is 5.60 Å². The molecule has 0 spiro atoms. The standard InChI is InChI=1S/C16H21BrN2O2/c1-11(2)19-15(14(21-4)10-18-19)16(3,20)9-12-5-7-13(17)8-6-12/h5-8,10-11,20H,9H2,1-4H3. The maximum Gasteiger partial charge on any atom is 0.162 e. The molecule has 5 heteroatoms. The third-order valence-electron chi connectivity index (χ3n) is 3.44. The van der Waals surface area contributed by atoms with Crippen molar-refractivity contribution in [1.82, 2.24) is 9.78 Å². The average Bonchev–Trinajstić information content (AvgIpc) is 2.86. The zero-order valence-electron chi connectivity index (χ0n) is 12.8. The van der Waals surface area contributed by atoms with E-state index in [2.05, 4.69) is 21.0 Å². The Kier molecular flexibility index (Phi) is 4.74. The second-order valence-corrected chi connectivity index (χ2v) is 6.59. The highest BCUT2D eigenvalue weighted by molar-refractivity contribution is 9.10. The first kappa shape index (κ1) is 16.0. The van der Waals surface area contributed by atoms with E-state index in [4.69, 9.17) is 4.74 Å². The molecule has 1 unspecified atom stereocenters. The SMILES string of the molecule is COc1cnn(C(C)C)c1C(C)(O)Cc1ccc(Br)cc1. The third-order valence-corrected chi connectivity index (χ3v) is 3.97. The normalized spacial score (nSPS) is 14.2. The summed E-state index contributed by atoms with van der Waals surface area (Å²) in [5.41, 5.74) is 0.713. The summed E-state index contributed by atoms with van der Waals surface area (Å²) in [4.78, 5) is 0.